The number of amides is 9. The van der Waals surface area contributed by atoms with E-state index in [4.69, 9.17) is 14.5 Å². The zero-order chi connectivity index (χ0) is 68.0. The highest BCUT2D eigenvalue weighted by Crippen LogP contribution is 2.37. The third-order valence-corrected chi connectivity index (χ3v) is 16.3. The minimum atomic E-state index is -4.90. The number of anilines is 3. The van der Waals surface area contributed by atoms with E-state index in [1.54, 1.807) is 0 Å². The molecule has 0 saturated heterocycles. The SMILES string of the molecule is CN1OC(CO)Cn2nc3c(c2C1=O)CN(C(=O)Nc1ccc(F)c(Br)c1F)CC3.CN1OC(CO)Cn2nc3c(c2C1=O)CN(C(=O)Nc1ccc(F)c(C(F)(F)F)c1)CC3.CN1O[C@H](CO)Cn2nc3c(c2C1=O)CN(C(=O)Nc1ccc(F)c(C(F)(F)F)c1)CC3. The Morgan fingerprint density at radius 1 is 0.521 bits per heavy atom. The molecule has 3 atom stereocenters. The Hall–Kier alpha value is -8.95. The van der Waals surface area contributed by atoms with Crippen molar-refractivity contribution >= 4 is 68.8 Å². The molecule has 2 unspecified atom stereocenters. The van der Waals surface area contributed by atoms with Crippen molar-refractivity contribution in [1.82, 2.24) is 59.2 Å². The largest absolute Gasteiger partial charge is 0.419 e. The second kappa shape index (κ2) is 27.2. The number of halogens is 11. The Morgan fingerprint density at radius 2 is 0.840 bits per heavy atom. The number of urea groups is 3. The summed E-state index contributed by atoms with van der Waals surface area (Å²) in [7, 11) is 4.25. The number of carbonyl (C=O) groups is 6. The average molecular weight is 1400 g/mol. The minimum Gasteiger partial charge on any atom is -0.393 e. The van der Waals surface area contributed by atoms with Crippen LogP contribution in [0.5, 0.6) is 0 Å². The number of hydroxylamine groups is 6. The van der Waals surface area contributed by atoms with Gasteiger partial charge in [-0.1, -0.05) is 0 Å². The first-order valence-electron chi connectivity index (χ1n) is 28.4. The molecule has 6 aliphatic heterocycles. The molecular weight excluding hydrogens is 1340 g/mol. The van der Waals surface area contributed by atoms with Gasteiger partial charge in [0.1, 0.15) is 52.8 Å². The molecule has 94 heavy (non-hydrogen) atoms. The van der Waals surface area contributed by atoms with E-state index in [1.165, 1.54) is 49.9 Å². The fourth-order valence-electron chi connectivity index (χ4n) is 11.0. The molecule has 3 aromatic carbocycles. The summed E-state index contributed by atoms with van der Waals surface area (Å²) in [6.07, 6.45) is -10.7. The van der Waals surface area contributed by atoms with Crippen LogP contribution >= 0.6 is 15.9 Å². The van der Waals surface area contributed by atoms with Gasteiger partial charge in [0.25, 0.3) is 17.7 Å². The van der Waals surface area contributed by atoms with Gasteiger partial charge in [0.05, 0.1) is 97.5 Å². The molecule has 38 heteroatoms. The molecule has 27 nitrogen and oxygen atoms in total. The number of rotatable bonds is 6. The van der Waals surface area contributed by atoms with Crippen LogP contribution < -0.4 is 16.0 Å². The molecule has 0 bridgehead atoms. The molecular formula is C56H56BrF10N15O12. The van der Waals surface area contributed by atoms with Crippen LogP contribution in [0.2, 0.25) is 0 Å². The fraction of sp³-hybridized carbons (Fsp3) is 0.411. The Balaban J connectivity index is 0.000000154. The first kappa shape index (κ1) is 67.9. The first-order valence-corrected chi connectivity index (χ1v) is 29.2. The molecule has 0 saturated carbocycles. The number of aliphatic hydroxyl groups is 3. The van der Waals surface area contributed by atoms with Crippen LogP contribution in [0.25, 0.3) is 0 Å². The molecule has 0 fully saturated rings. The van der Waals surface area contributed by atoms with Crippen LogP contribution in [0.1, 0.15) is 76.4 Å². The summed E-state index contributed by atoms with van der Waals surface area (Å²) in [6.45, 7) is 0.340. The molecule has 12 rings (SSSR count). The molecule has 504 valence electrons. The number of carbonyl (C=O) groups excluding carboxylic acids is 6. The van der Waals surface area contributed by atoms with Gasteiger partial charge in [0, 0.05) is 88.1 Å². The second-order valence-electron chi connectivity index (χ2n) is 21.9. The van der Waals surface area contributed by atoms with Crippen molar-refractivity contribution < 1.29 is 103 Å². The van der Waals surface area contributed by atoms with Crippen molar-refractivity contribution in [2.24, 2.45) is 0 Å². The van der Waals surface area contributed by atoms with Gasteiger partial charge in [0.15, 0.2) is 5.82 Å². The number of nitrogens with zero attached hydrogens (tertiary/aromatic N) is 12. The van der Waals surface area contributed by atoms with Gasteiger partial charge in [-0.15, -0.1) is 0 Å². The minimum absolute atomic E-state index is 0.00675. The first-order chi connectivity index (χ1) is 44.5. The number of fused-ring (bicyclic) bond motifs is 9. The summed E-state index contributed by atoms with van der Waals surface area (Å²) in [5.41, 5.74) is 0.680. The van der Waals surface area contributed by atoms with Gasteiger partial charge in [-0.3, -0.25) is 42.9 Å². The number of aromatic nitrogens is 6. The maximum absolute atomic E-state index is 14.2. The Kier molecular flexibility index (Phi) is 19.6. The zero-order valence-electron chi connectivity index (χ0n) is 49.5. The van der Waals surface area contributed by atoms with Crippen LogP contribution in [-0.2, 0) is 85.4 Å². The van der Waals surface area contributed by atoms with E-state index >= 15 is 0 Å². The summed E-state index contributed by atoms with van der Waals surface area (Å²) < 4.78 is 136. The fourth-order valence-corrected chi connectivity index (χ4v) is 11.3. The maximum Gasteiger partial charge on any atom is 0.419 e. The molecule has 6 aromatic rings. The highest BCUT2D eigenvalue weighted by Gasteiger charge is 2.41. The van der Waals surface area contributed by atoms with Crippen molar-refractivity contribution in [3.8, 4) is 0 Å². The molecule has 9 heterocycles. The van der Waals surface area contributed by atoms with Gasteiger partial charge >= 0.3 is 30.4 Å². The Bertz CT molecular complexity index is 3790. The predicted octanol–water partition coefficient (Wildman–Crippen LogP) is 5.91. The van der Waals surface area contributed by atoms with Crippen molar-refractivity contribution in [3.63, 3.8) is 0 Å². The van der Waals surface area contributed by atoms with E-state index in [1.807, 2.05) is 0 Å². The summed E-state index contributed by atoms with van der Waals surface area (Å²) >= 11 is 2.81. The third kappa shape index (κ3) is 14.1. The molecule has 0 aliphatic carbocycles. The van der Waals surface area contributed by atoms with Crippen molar-refractivity contribution in [1.29, 1.82) is 0 Å². The van der Waals surface area contributed by atoms with Crippen LogP contribution in [0, 0.1) is 23.3 Å². The molecule has 6 aliphatic rings. The van der Waals surface area contributed by atoms with Gasteiger partial charge in [-0.2, -0.15) is 41.6 Å². The monoisotopic (exact) mass is 1400 g/mol. The van der Waals surface area contributed by atoms with E-state index < -0.39 is 101 Å². The Morgan fingerprint density at radius 3 is 1.16 bits per heavy atom. The zero-order valence-corrected chi connectivity index (χ0v) is 51.1. The van der Waals surface area contributed by atoms with Crippen molar-refractivity contribution in [3.05, 3.63) is 138 Å². The smallest absolute Gasteiger partial charge is 0.393 e. The van der Waals surface area contributed by atoms with Crippen molar-refractivity contribution in [2.75, 3.05) is 76.5 Å². The van der Waals surface area contributed by atoms with Gasteiger partial charge < -0.3 is 46.0 Å². The van der Waals surface area contributed by atoms with E-state index in [0.717, 1.165) is 39.5 Å². The maximum atomic E-state index is 14.2. The summed E-state index contributed by atoms with van der Waals surface area (Å²) in [4.78, 5) is 96.5. The molecule has 6 N–H and O–H groups in total. The third-order valence-electron chi connectivity index (χ3n) is 15.6. The number of alkyl halides is 6. The molecule has 9 amide bonds. The molecule has 3 aromatic heterocycles. The highest BCUT2D eigenvalue weighted by molar-refractivity contribution is 9.10. The lowest BCUT2D eigenvalue weighted by molar-refractivity contribution is -0.159. The normalized spacial score (nSPS) is 18.8. The van der Waals surface area contributed by atoms with Gasteiger partial charge in [-0.05, 0) is 64.5 Å². The number of aliphatic hydroxyl groups excluding tert-OH is 3. The predicted molar refractivity (Wildman–Crippen MR) is 305 cm³/mol. The molecule has 0 radical (unpaired) electrons. The quantitative estimate of drug-likeness (QED) is 0.0834. The lowest BCUT2D eigenvalue weighted by Gasteiger charge is -2.27. The number of nitrogens with one attached hydrogen (secondary N) is 3. The highest BCUT2D eigenvalue weighted by atomic mass is 79.9. The van der Waals surface area contributed by atoms with E-state index in [9.17, 15) is 88.0 Å². The van der Waals surface area contributed by atoms with Crippen LogP contribution in [0.4, 0.5) is 75.3 Å². The standard InChI is InChI=1S/2C19H19F4N5O4.C18H18BrF2N5O4/c2*1-26-17(30)16-12-8-27(5-4-15(12)25-28(16)7-11(9-29)32-26)18(31)24-10-2-3-14(20)13(6-10)19(21,22)23;1-24-17(28)16-10-7-25(5-4-12(10)23-26(16)6-9(8-27)30-24)18(29)22-13-3-2-11(20)14(19)15(13)21/h2*2-3,6,11,29H,4-5,7-9H2,1H3,(H,24,31);2-3,9,27H,4-8H2,1H3,(H,22,29)/t11-;;/m0../s1. The van der Waals surface area contributed by atoms with E-state index in [0.29, 0.717) is 83.8 Å². The second-order valence-corrected chi connectivity index (χ2v) is 22.7. The number of benzene rings is 3. The van der Waals surface area contributed by atoms with E-state index in [-0.39, 0.29) is 111 Å². The van der Waals surface area contributed by atoms with Crippen molar-refractivity contribution in [2.45, 2.75) is 89.2 Å². The lowest BCUT2D eigenvalue weighted by Crippen LogP contribution is -2.40. The average Bonchev–Trinajstić information content (AvgIpc) is 1.62. The number of hydrogen-bond donors (Lipinski definition) is 6. The lowest BCUT2D eigenvalue weighted by atomic mass is 10.1. The van der Waals surface area contributed by atoms with E-state index in [2.05, 4.69) is 47.2 Å². The summed E-state index contributed by atoms with van der Waals surface area (Å²) in [6, 6.07) is 4.59. The topological polar surface area (TPSA) is 300 Å². The number of hydrogen-bond acceptors (Lipinski definition) is 15. The van der Waals surface area contributed by atoms with Gasteiger partial charge in [-0.25, -0.2) is 47.1 Å². The van der Waals surface area contributed by atoms with Crippen LogP contribution in [-0.4, -0.2) is 189 Å². The van der Waals surface area contributed by atoms with Crippen LogP contribution in [0.3, 0.4) is 0 Å². The van der Waals surface area contributed by atoms with Gasteiger partial charge in [0.2, 0.25) is 0 Å². The van der Waals surface area contributed by atoms with Crippen LogP contribution in [0.15, 0.2) is 53.0 Å². The summed E-state index contributed by atoms with van der Waals surface area (Å²) in [5.74, 6) is -5.99. The summed E-state index contributed by atoms with van der Waals surface area (Å²) in [5, 5.41) is 51.8. The Labute approximate surface area is 532 Å². The molecule has 0 spiro atoms.